The van der Waals surface area contributed by atoms with Gasteiger partial charge in [-0.1, -0.05) is 23.8 Å². The summed E-state index contributed by atoms with van der Waals surface area (Å²) >= 11 is 3.60. The lowest BCUT2D eigenvalue weighted by molar-refractivity contribution is 0.415. The minimum Gasteiger partial charge on any atom is -0.497 e. The van der Waals surface area contributed by atoms with Crippen LogP contribution < -0.4 is 10.1 Å². The fraction of sp³-hybridized carbons (Fsp3) is 0.294. The molecular formula is C17H18BrNO. The fourth-order valence-electron chi connectivity index (χ4n) is 2.80. The molecule has 3 rings (SSSR count). The van der Waals surface area contributed by atoms with Gasteiger partial charge in [-0.2, -0.15) is 0 Å². The van der Waals surface area contributed by atoms with Gasteiger partial charge in [0.05, 0.1) is 18.8 Å². The van der Waals surface area contributed by atoms with E-state index >= 15 is 0 Å². The summed E-state index contributed by atoms with van der Waals surface area (Å²) in [5.41, 5.74) is 5.30. The summed E-state index contributed by atoms with van der Waals surface area (Å²) in [5, 5.41) is 3.64. The van der Waals surface area contributed by atoms with Crippen molar-refractivity contribution in [3.8, 4) is 5.75 Å². The first-order valence-electron chi connectivity index (χ1n) is 6.87. The molecule has 0 bridgehead atoms. The topological polar surface area (TPSA) is 21.3 Å². The molecule has 0 saturated carbocycles. The Bertz CT molecular complexity index is 639. The van der Waals surface area contributed by atoms with Crippen LogP contribution in [-0.4, -0.2) is 7.11 Å². The molecule has 1 atom stereocenters. The first kappa shape index (κ1) is 13.5. The summed E-state index contributed by atoms with van der Waals surface area (Å²) in [6.45, 7) is 2.15. The number of hydrogen-bond donors (Lipinski definition) is 1. The molecule has 2 aromatic carbocycles. The minimum absolute atomic E-state index is 0.383. The van der Waals surface area contributed by atoms with Crippen LogP contribution in [0.1, 0.15) is 29.2 Å². The van der Waals surface area contributed by atoms with Crippen molar-refractivity contribution in [1.29, 1.82) is 0 Å². The summed E-state index contributed by atoms with van der Waals surface area (Å²) in [7, 11) is 1.70. The Kier molecular flexibility index (Phi) is 3.70. The third-order valence-electron chi connectivity index (χ3n) is 3.88. The van der Waals surface area contributed by atoms with Crippen molar-refractivity contribution in [3.63, 3.8) is 0 Å². The maximum absolute atomic E-state index is 5.30. The molecule has 1 unspecified atom stereocenters. The molecule has 1 aliphatic rings. The number of ether oxygens (including phenoxy) is 1. The van der Waals surface area contributed by atoms with Gasteiger partial charge in [-0.25, -0.2) is 0 Å². The lowest BCUT2D eigenvalue weighted by Gasteiger charge is -2.18. The van der Waals surface area contributed by atoms with Crippen molar-refractivity contribution in [3.05, 3.63) is 57.6 Å². The lowest BCUT2D eigenvalue weighted by Crippen LogP contribution is -2.08. The SMILES string of the molecule is COc1ccc(Br)c(NC2CCc3ccc(C)cc32)c1. The van der Waals surface area contributed by atoms with E-state index in [1.165, 1.54) is 16.7 Å². The van der Waals surface area contributed by atoms with E-state index in [0.717, 1.165) is 28.8 Å². The number of methoxy groups -OCH3 is 1. The highest BCUT2D eigenvalue weighted by molar-refractivity contribution is 9.10. The molecule has 0 amide bonds. The van der Waals surface area contributed by atoms with E-state index in [2.05, 4.69) is 46.4 Å². The molecule has 20 heavy (non-hydrogen) atoms. The Balaban J connectivity index is 1.89. The van der Waals surface area contributed by atoms with Crippen LogP contribution in [-0.2, 0) is 6.42 Å². The van der Waals surface area contributed by atoms with Gasteiger partial charge in [0.1, 0.15) is 5.75 Å². The van der Waals surface area contributed by atoms with Crippen molar-refractivity contribution in [2.24, 2.45) is 0 Å². The molecule has 2 nitrogen and oxygen atoms in total. The highest BCUT2D eigenvalue weighted by Crippen LogP contribution is 2.37. The second-order valence-electron chi connectivity index (χ2n) is 5.28. The number of nitrogens with one attached hydrogen (secondary N) is 1. The third kappa shape index (κ3) is 2.55. The normalized spacial score (nSPS) is 16.9. The highest BCUT2D eigenvalue weighted by atomic mass is 79.9. The van der Waals surface area contributed by atoms with Crippen molar-refractivity contribution >= 4 is 21.6 Å². The van der Waals surface area contributed by atoms with Gasteiger partial charge in [-0.15, -0.1) is 0 Å². The maximum atomic E-state index is 5.30. The first-order valence-corrected chi connectivity index (χ1v) is 7.66. The van der Waals surface area contributed by atoms with E-state index < -0.39 is 0 Å². The zero-order valence-corrected chi connectivity index (χ0v) is 13.3. The second-order valence-corrected chi connectivity index (χ2v) is 6.14. The van der Waals surface area contributed by atoms with E-state index in [1.807, 2.05) is 18.2 Å². The molecule has 0 spiro atoms. The van der Waals surface area contributed by atoms with E-state index in [-0.39, 0.29) is 0 Å². The Labute approximate surface area is 128 Å². The monoisotopic (exact) mass is 331 g/mol. The quantitative estimate of drug-likeness (QED) is 0.866. The summed E-state index contributed by atoms with van der Waals surface area (Å²) in [6, 6.07) is 13.2. The molecular weight excluding hydrogens is 314 g/mol. The summed E-state index contributed by atoms with van der Waals surface area (Å²) in [4.78, 5) is 0. The van der Waals surface area contributed by atoms with Gasteiger partial charge < -0.3 is 10.1 Å². The van der Waals surface area contributed by atoms with Crippen LogP contribution in [0.4, 0.5) is 5.69 Å². The largest absolute Gasteiger partial charge is 0.497 e. The maximum Gasteiger partial charge on any atom is 0.121 e. The molecule has 0 fully saturated rings. The number of hydrogen-bond acceptors (Lipinski definition) is 2. The van der Waals surface area contributed by atoms with Crippen LogP contribution >= 0.6 is 15.9 Å². The van der Waals surface area contributed by atoms with Gasteiger partial charge in [0.15, 0.2) is 0 Å². The van der Waals surface area contributed by atoms with Crippen molar-refractivity contribution in [2.75, 3.05) is 12.4 Å². The lowest BCUT2D eigenvalue weighted by atomic mass is 10.0. The van der Waals surface area contributed by atoms with Crippen LogP contribution in [0.25, 0.3) is 0 Å². The van der Waals surface area contributed by atoms with Crippen LogP contribution in [0.5, 0.6) is 5.75 Å². The molecule has 104 valence electrons. The number of rotatable bonds is 3. The average Bonchev–Trinajstić information content (AvgIpc) is 2.84. The van der Waals surface area contributed by atoms with Crippen molar-refractivity contribution < 1.29 is 4.74 Å². The van der Waals surface area contributed by atoms with E-state index in [0.29, 0.717) is 6.04 Å². The average molecular weight is 332 g/mol. The molecule has 3 heteroatoms. The molecule has 0 aliphatic heterocycles. The van der Waals surface area contributed by atoms with E-state index in [1.54, 1.807) is 7.11 Å². The molecule has 0 heterocycles. The predicted molar refractivity (Wildman–Crippen MR) is 86.6 cm³/mol. The Morgan fingerprint density at radius 2 is 2.05 bits per heavy atom. The Hall–Kier alpha value is -1.48. The molecule has 0 saturated heterocycles. The summed E-state index contributed by atoms with van der Waals surface area (Å²) in [5.74, 6) is 0.873. The number of anilines is 1. The number of aryl methyl sites for hydroxylation is 2. The van der Waals surface area contributed by atoms with Gasteiger partial charge in [0.2, 0.25) is 0 Å². The van der Waals surface area contributed by atoms with E-state index in [4.69, 9.17) is 4.74 Å². The van der Waals surface area contributed by atoms with Crippen molar-refractivity contribution in [2.45, 2.75) is 25.8 Å². The summed E-state index contributed by atoms with van der Waals surface area (Å²) in [6.07, 6.45) is 2.29. The van der Waals surface area contributed by atoms with Gasteiger partial charge in [0.25, 0.3) is 0 Å². The zero-order chi connectivity index (χ0) is 14.1. The molecule has 0 radical (unpaired) electrons. The third-order valence-corrected chi connectivity index (χ3v) is 4.57. The molecule has 1 N–H and O–H groups in total. The molecule has 1 aliphatic carbocycles. The fourth-order valence-corrected chi connectivity index (χ4v) is 3.16. The number of fused-ring (bicyclic) bond motifs is 1. The number of benzene rings is 2. The van der Waals surface area contributed by atoms with Gasteiger partial charge >= 0.3 is 0 Å². The van der Waals surface area contributed by atoms with Crippen LogP contribution in [0, 0.1) is 6.92 Å². The van der Waals surface area contributed by atoms with Crippen LogP contribution in [0.2, 0.25) is 0 Å². The Morgan fingerprint density at radius 1 is 1.20 bits per heavy atom. The zero-order valence-electron chi connectivity index (χ0n) is 11.7. The second kappa shape index (κ2) is 5.49. The summed E-state index contributed by atoms with van der Waals surface area (Å²) < 4.78 is 6.37. The van der Waals surface area contributed by atoms with E-state index in [9.17, 15) is 0 Å². The van der Waals surface area contributed by atoms with Crippen LogP contribution in [0.15, 0.2) is 40.9 Å². The van der Waals surface area contributed by atoms with Crippen LogP contribution in [0.3, 0.4) is 0 Å². The van der Waals surface area contributed by atoms with Gasteiger partial charge in [-0.05, 0) is 59.0 Å². The standard InChI is InChI=1S/C17H18BrNO/c1-11-3-4-12-5-8-16(14(12)9-11)19-17-10-13(20-2)6-7-15(17)18/h3-4,6-7,9-10,16,19H,5,8H2,1-2H3. The predicted octanol–water partition coefficient (Wildman–Crippen LogP) is 4.87. The Morgan fingerprint density at radius 3 is 2.85 bits per heavy atom. The molecule has 0 aromatic heterocycles. The molecule has 2 aromatic rings. The van der Waals surface area contributed by atoms with Gasteiger partial charge in [-0.3, -0.25) is 0 Å². The van der Waals surface area contributed by atoms with Crippen molar-refractivity contribution in [1.82, 2.24) is 0 Å². The number of halogens is 1. The highest BCUT2D eigenvalue weighted by Gasteiger charge is 2.22. The smallest absolute Gasteiger partial charge is 0.121 e. The first-order chi connectivity index (χ1) is 9.67. The minimum atomic E-state index is 0.383. The van der Waals surface area contributed by atoms with Gasteiger partial charge in [0, 0.05) is 10.5 Å².